The van der Waals surface area contributed by atoms with Crippen LogP contribution < -0.4 is 5.73 Å². The fourth-order valence-electron chi connectivity index (χ4n) is 2.61. The van der Waals surface area contributed by atoms with Crippen LogP contribution in [0.4, 0.5) is 0 Å². The van der Waals surface area contributed by atoms with Crippen molar-refractivity contribution in [2.75, 3.05) is 13.2 Å². The first-order valence-corrected chi connectivity index (χ1v) is 7.15. The van der Waals surface area contributed by atoms with Crippen LogP contribution in [0.5, 0.6) is 0 Å². The molecule has 0 amide bonds. The highest BCUT2D eigenvalue weighted by atomic mass is 16.7. The topological polar surface area (TPSA) is 195 Å². The van der Waals surface area contributed by atoms with Gasteiger partial charge in [-0.1, -0.05) is 0 Å². The Morgan fingerprint density at radius 2 is 1.35 bits per heavy atom. The van der Waals surface area contributed by atoms with Crippen molar-refractivity contribution in [1.82, 2.24) is 0 Å². The number of aliphatic hydroxyl groups excluding tert-OH is 7. The second kappa shape index (κ2) is 7.63. The average Bonchev–Trinajstić information content (AvgIpc) is 2.54. The van der Waals surface area contributed by atoms with Crippen LogP contribution in [0.15, 0.2) is 0 Å². The predicted molar refractivity (Wildman–Crippen MR) is 70.6 cm³/mol. The van der Waals surface area contributed by atoms with Gasteiger partial charge < -0.3 is 55.7 Å². The van der Waals surface area contributed by atoms with Gasteiger partial charge in [0.05, 0.1) is 19.3 Å². The molecule has 2 aliphatic heterocycles. The van der Waals surface area contributed by atoms with E-state index in [4.69, 9.17) is 30.2 Å². The van der Waals surface area contributed by atoms with Gasteiger partial charge in [0.2, 0.25) is 0 Å². The highest BCUT2D eigenvalue weighted by molar-refractivity contribution is 4.95. The number of hydrogen-bond donors (Lipinski definition) is 8. The first kappa shape index (κ1) is 18.9. The van der Waals surface area contributed by atoms with Crippen molar-refractivity contribution in [2.45, 2.75) is 61.3 Å². The van der Waals surface area contributed by atoms with Gasteiger partial charge in [-0.2, -0.15) is 0 Å². The molecule has 2 fully saturated rings. The fourth-order valence-corrected chi connectivity index (χ4v) is 2.61. The molecule has 0 bridgehead atoms. The molecule has 0 saturated carbocycles. The van der Waals surface area contributed by atoms with E-state index in [-0.39, 0.29) is 0 Å². The van der Waals surface area contributed by atoms with Gasteiger partial charge in [0.1, 0.15) is 42.7 Å². The van der Waals surface area contributed by atoms with E-state index in [1.54, 1.807) is 0 Å². The molecule has 2 rings (SSSR count). The zero-order chi connectivity index (χ0) is 17.3. The molecule has 9 N–H and O–H groups in total. The van der Waals surface area contributed by atoms with Crippen molar-refractivity contribution in [2.24, 2.45) is 5.73 Å². The van der Waals surface area contributed by atoms with Gasteiger partial charge in [0.15, 0.2) is 12.6 Å². The molecule has 23 heavy (non-hydrogen) atoms. The molecule has 0 aromatic rings. The smallest absolute Gasteiger partial charge is 0.184 e. The molecular formula is C12H23NO10. The third kappa shape index (κ3) is 3.65. The molecule has 0 aromatic heterocycles. The van der Waals surface area contributed by atoms with Crippen molar-refractivity contribution in [3.8, 4) is 0 Å². The van der Waals surface area contributed by atoms with Crippen LogP contribution in [0, 0.1) is 0 Å². The van der Waals surface area contributed by atoms with E-state index in [9.17, 15) is 25.5 Å². The highest BCUT2D eigenvalue weighted by Crippen LogP contribution is 2.27. The standard InChI is InChI=1S/C12H23NO10/c13-5-8(18)6(16)3(1-14)22-12(5)23-10-7(17)4(2-15)21-11(20)9(10)19/h3-12,14-20H,1-2,13H2/t3-,4-,5-,6-,7+,8-,9-,10+,11-,12+/m1/s1. The molecule has 2 aliphatic rings. The highest BCUT2D eigenvalue weighted by Gasteiger charge is 2.49. The van der Waals surface area contributed by atoms with Crippen molar-refractivity contribution < 1.29 is 50.0 Å². The van der Waals surface area contributed by atoms with Crippen LogP contribution in [0.25, 0.3) is 0 Å². The Bertz CT molecular complexity index is 385. The minimum Gasteiger partial charge on any atom is -0.394 e. The predicted octanol–water partition coefficient (Wildman–Crippen LogP) is -5.43. The van der Waals surface area contributed by atoms with E-state index in [2.05, 4.69) is 0 Å². The van der Waals surface area contributed by atoms with E-state index >= 15 is 0 Å². The van der Waals surface area contributed by atoms with Crippen LogP contribution >= 0.6 is 0 Å². The van der Waals surface area contributed by atoms with Crippen molar-refractivity contribution in [3.05, 3.63) is 0 Å². The molecule has 0 aromatic carbocycles. The van der Waals surface area contributed by atoms with Crippen LogP contribution in [0.2, 0.25) is 0 Å². The second-order valence-corrected chi connectivity index (χ2v) is 5.61. The first-order valence-electron chi connectivity index (χ1n) is 7.15. The summed E-state index contributed by atoms with van der Waals surface area (Å²) in [7, 11) is 0. The molecular weight excluding hydrogens is 318 g/mol. The Hall–Kier alpha value is -0.440. The maximum absolute atomic E-state index is 10.0. The Morgan fingerprint density at radius 3 is 1.91 bits per heavy atom. The monoisotopic (exact) mass is 341 g/mol. The third-order valence-corrected chi connectivity index (χ3v) is 4.06. The van der Waals surface area contributed by atoms with Gasteiger partial charge in [-0.15, -0.1) is 0 Å². The number of aliphatic hydroxyl groups is 7. The van der Waals surface area contributed by atoms with E-state index in [0.717, 1.165) is 0 Å². The fraction of sp³-hybridized carbons (Fsp3) is 1.00. The molecule has 0 spiro atoms. The lowest BCUT2D eigenvalue weighted by Gasteiger charge is -2.45. The summed E-state index contributed by atoms with van der Waals surface area (Å²) in [4.78, 5) is 0. The zero-order valence-corrected chi connectivity index (χ0v) is 12.1. The summed E-state index contributed by atoms with van der Waals surface area (Å²) in [5.74, 6) is 0. The molecule has 0 unspecified atom stereocenters. The van der Waals surface area contributed by atoms with E-state index in [0.29, 0.717) is 0 Å². The Labute approximate surface area is 131 Å². The Kier molecular flexibility index (Phi) is 6.27. The molecule has 0 radical (unpaired) electrons. The minimum atomic E-state index is -1.72. The summed E-state index contributed by atoms with van der Waals surface area (Å²) in [5, 5.41) is 67.3. The molecule has 11 nitrogen and oxygen atoms in total. The lowest BCUT2D eigenvalue weighted by molar-refractivity contribution is -0.340. The van der Waals surface area contributed by atoms with Gasteiger partial charge in [-0.3, -0.25) is 0 Å². The van der Waals surface area contributed by atoms with Crippen molar-refractivity contribution >= 4 is 0 Å². The zero-order valence-electron chi connectivity index (χ0n) is 12.1. The van der Waals surface area contributed by atoms with Crippen LogP contribution in [-0.2, 0) is 14.2 Å². The number of hydrogen-bond acceptors (Lipinski definition) is 11. The average molecular weight is 341 g/mol. The van der Waals surface area contributed by atoms with Crippen molar-refractivity contribution in [1.29, 1.82) is 0 Å². The molecule has 10 atom stereocenters. The largest absolute Gasteiger partial charge is 0.394 e. The van der Waals surface area contributed by atoms with Gasteiger partial charge in [0, 0.05) is 0 Å². The number of ether oxygens (including phenoxy) is 3. The molecule has 2 saturated heterocycles. The van der Waals surface area contributed by atoms with E-state index in [1.165, 1.54) is 0 Å². The third-order valence-electron chi connectivity index (χ3n) is 4.06. The number of rotatable bonds is 4. The van der Waals surface area contributed by atoms with Crippen molar-refractivity contribution in [3.63, 3.8) is 0 Å². The maximum Gasteiger partial charge on any atom is 0.184 e. The second-order valence-electron chi connectivity index (χ2n) is 5.61. The molecule has 11 heteroatoms. The van der Waals surface area contributed by atoms with Gasteiger partial charge in [-0.25, -0.2) is 0 Å². The summed E-state index contributed by atoms with van der Waals surface area (Å²) in [6.45, 7) is -1.26. The molecule has 2 heterocycles. The summed E-state index contributed by atoms with van der Waals surface area (Å²) in [5.41, 5.74) is 5.69. The quantitative estimate of drug-likeness (QED) is 0.243. The SMILES string of the molecule is N[C@H]1[C@H](O[C@@H]2[C@@H](O)[C@H](O)O[C@H](CO)[C@@H]2O)O[C@H](CO)[C@@H](O)[C@@H]1O. The normalized spacial score (nSPS) is 51.7. The maximum atomic E-state index is 10.0. The Balaban J connectivity index is 2.11. The van der Waals surface area contributed by atoms with Gasteiger partial charge in [-0.05, 0) is 0 Å². The summed E-state index contributed by atoms with van der Waals surface area (Å²) < 4.78 is 15.4. The van der Waals surface area contributed by atoms with E-state index in [1.807, 2.05) is 0 Å². The summed E-state index contributed by atoms with van der Waals surface area (Å²) in [6, 6.07) is -1.24. The molecule has 0 aliphatic carbocycles. The number of nitrogens with two attached hydrogens (primary N) is 1. The van der Waals surface area contributed by atoms with Crippen LogP contribution in [-0.4, -0.2) is 110 Å². The van der Waals surface area contributed by atoms with Crippen LogP contribution in [0.1, 0.15) is 0 Å². The van der Waals surface area contributed by atoms with Crippen LogP contribution in [0.3, 0.4) is 0 Å². The lowest BCUT2D eigenvalue weighted by atomic mass is 9.96. The van der Waals surface area contributed by atoms with E-state index < -0.39 is 74.6 Å². The molecule has 136 valence electrons. The Morgan fingerprint density at radius 1 is 0.783 bits per heavy atom. The summed E-state index contributed by atoms with van der Waals surface area (Å²) >= 11 is 0. The van der Waals surface area contributed by atoms with Gasteiger partial charge in [0.25, 0.3) is 0 Å². The lowest BCUT2D eigenvalue weighted by Crippen LogP contribution is -2.66. The minimum absolute atomic E-state index is 0.619. The van der Waals surface area contributed by atoms with Gasteiger partial charge >= 0.3 is 0 Å². The first-order chi connectivity index (χ1) is 10.8. The summed E-state index contributed by atoms with van der Waals surface area (Å²) in [6.07, 6.45) is -13.0.